The first-order chi connectivity index (χ1) is 15.7. The van der Waals surface area contributed by atoms with Gasteiger partial charge in [-0.2, -0.15) is 5.26 Å². The van der Waals surface area contributed by atoms with Gasteiger partial charge in [0.1, 0.15) is 24.2 Å². The van der Waals surface area contributed by atoms with Crippen LogP contribution in [0.5, 0.6) is 0 Å². The summed E-state index contributed by atoms with van der Waals surface area (Å²) in [7, 11) is 0. The Hall–Kier alpha value is -3.43. The number of imidazole rings is 1. The molecule has 5 nitrogen and oxygen atoms in total. The quantitative estimate of drug-likeness (QED) is 0.530. The molecule has 6 heteroatoms. The standard InChI is InChI=1S/C26H26FN5/c1-2-5-20-16-25(32-24-7-4-3-6-23(24)29-26(32)22(20)17-28)31-14-12-30(13-15-31)18-19-8-10-21(27)11-9-19/h3-4,6-11,16H,2,5,12-15,18H2,1H3/p+1. The van der Waals surface area contributed by atoms with Crippen molar-refractivity contribution < 1.29 is 9.29 Å². The van der Waals surface area contributed by atoms with E-state index in [4.69, 9.17) is 4.98 Å². The highest BCUT2D eigenvalue weighted by molar-refractivity contribution is 5.85. The van der Waals surface area contributed by atoms with Crippen molar-refractivity contribution in [3.05, 3.63) is 77.1 Å². The number of aryl methyl sites for hydroxylation is 1. The maximum atomic E-state index is 13.2. The molecule has 1 N–H and O–H groups in total. The van der Waals surface area contributed by atoms with E-state index in [-0.39, 0.29) is 5.82 Å². The van der Waals surface area contributed by atoms with E-state index >= 15 is 0 Å². The molecule has 0 aliphatic carbocycles. The van der Waals surface area contributed by atoms with Crippen LogP contribution >= 0.6 is 0 Å². The number of nitrogens with one attached hydrogen (secondary N) is 1. The van der Waals surface area contributed by atoms with Crippen LogP contribution in [0, 0.1) is 17.1 Å². The number of pyridine rings is 1. The predicted molar refractivity (Wildman–Crippen MR) is 124 cm³/mol. The average molecular weight is 429 g/mol. The number of aromatic nitrogens is 2. The minimum Gasteiger partial charge on any atom is -0.346 e. The normalized spacial score (nSPS) is 14.8. The predicted octanol–water partition coefficient (Wildman–Crippen LogP) is 3.36. The molecular weight excluding hydrogens is 401 g/mol. The van der Waals surface area contributed by atoms with Crippen molar-refractivity contribution in [2.45, 2.75) is 26.3 Å². The van der Waals surface area contributed by atoms with E-state index in [0.29, 0.717) is 5.56 Å². The zero-order chi connectivity index (χ0) is 22.1. The lowest BCUT2D eigenvalue weighted by Gasteiger charge is -2.34. The van der Waals surface area contributed by atoms with Crippen molar-refractivity contribution in [1.82, 2.24) is 9.38 Å². The molecule has 162 valence electrons. The monoisotopic (exact) mass is 428 g/mol. The van der Waals surface area contributed by atoms with Gasteiger partial charge in [-0.1, -0.05) is 37.6 Å². The number of hydrogen-bond acceptors (Lipinski definition) is 3. The molecule has 32 heavy (non-hydrogen) atoms. The fourth-order valence-corrected chi connectivity index (χ4v) is 4.80. The molecule has 1 aliphatic heterocycles. The number of quaternary nitrogens is 1. The Balaban J connectivity index is 1.48. The summed E-state index contributed by atoms with van der Waals surface area (Å²) in [6.07, 6.45) is 1.85. The summed E-state index contributed by atoms with van der Waals surface area (Å²) in [4.78, 5) is 8.77. The molecule has 5 rings (SSSR count). The molecule has 0 radical (unpaired) electrons. The second kappa shape index (κ2) is 8.60. The first kappa shape index (κ1) is 20.5. The SMILES string of the molecule is CCCc1cc(N2CC[NH+](Cc3ccc(F)cc3)CC2)n2c(nc3ccccc32)c1C#N. The van der Waals surface area contributed by atoms with Gasteiger partial charge in [0.2, 0.25) is 0 Å². The molecule has 0 amide bonds. The number of nitriles is 1. The summed E-state index contributed by atoms with van der Waals surface area (Å²) in [6, 6.07) is 19.6. The van der Waals surface area contributed by atoms with E-state index in [0.717, 1.165) is 73.6 Å². The number of fused-ring (bicyclic) bond motifs is 3. The zero-order valence-electron chi connectivity index (χ0n) is 18.3. The summed E-state index contributed by atoms with van der Waals surface area (Å²) >= 11 is 0. The van der Waals surface area contributed by atoms with E-state index in [1.165, 1.54) is 22.6 Å². The second-order valence-corrected chi connectivity index (χ2v) is 8.56. The Morgan fingerprint density at radius 3 is 2.56 bits per heavy atom. The Labute approximate surface area is 187 Å². The van der Waals surface area contributed by atoms with Gasteiger partial charge in [0.05, 0.1) is 42.8 Å². The third-order valence-corrected chi connectivity index (χ3v) is 6.43. The number of rotatable bonds is 5. The fourth-order valence-electron chi connectivity index (χ4n) is 4.80. The summed E-state index contributed by atoms with van der Waals surface area (Å²) in [5, 5.41) is 9.92. The van der Waals surface area contributed by atoms with Crippen LogP contribution in [0.2, 0.25) is 0 Å². The van der Waals surface area contributed by atoms with Crippen molar-refractivity contribution in [2.24, 2.45) is 0 Å². The van der Waals surface area contributed by atoms with Crippen LogP contribution in [0.4, 0.5) is 10.2 Å². The molecule has 1 aliphatic rings. The van der Waals surface area contributed by atoms with Gasteiger partial charge in [0, 0.05) is 5.56 Å². The second-order valence-electron chi connectivity index (χ2n) is 8.56. The molecule has 0 saturated carbocycles. The number of nitrogens with zero attached hydrogens (tertiary/aromatic N) is 4. The Bertz CT molecular complexity index is 1290. The van der Waals surface area contributed by atoms with Gasteiger partial charge in [0.25, 0.3) is 0 Å². The minimum absolute atomic E-state index is 0.186. The van der Waals surface area contributed by atoms with Gasteiger partial charge in [-0.3, -0.25) is 4.40 Å². The average Bonchev–Trinajstić information content (AvgIpc) is 3.20. The van der Waals surface area contributed by atoms with E-state index < -0.39 is 0 Å². The highest BCUT2D eigenvalue weighted by Gasteiger charge is 2.25. The van der Waals surface area contributed by atoms with Crippen LogP contribution in [0.15, 0.2) is 54.6 Å². The molecule has 1 fully saturated rings. The van der Waals surface area contributed by atoms with Crippen molar-refractivity contribution in [3.8, 4) is 6.07 Å². The Kier molecular flexibility index (Phi) is 5.50. The van der Waals surface area contributed by atoms with E-state index in [1.54, 1.807) is 0 Å². The lowest BCUT2D eigenvalue weighted by Crippen LogP contribution is -3.13. The maximum Gasteiger partial charge on any atom is 0.157 e. The molecule has 1 saturated heterocycles. The molecule has 0 unspecified atom stereocenters. The van der Waals surface area contributed by atoms with Crippen molar-refractivity contribution in [1.29, 1.82) is 5.26 Å². The third-order valence-electron chi connectivity index (χ3n) is 6.43. The van der Waals surface area contributed by atoms with Crippen molar-refractivity contribution in [3.63, 3.8) is 0 Å². The number of anilines is 1. The molecule has 0 atom stereocenters. The molecule has 0 spiro atoms. The lowest BCUT2D eigenvalue weighted by molar-refractivity contribution is -0.914. The Morgan fingerprint density at radius 1 is 1.09 bits per heavy atom. The smallest absolute Gasteiger partial charge is 0.157 e. The number of hydrogen-bond donors (Lipinski definition) is 1. The summed E-state index contributed by atoms with van der Waals surface area (Å²) in [5.41, 5.74) is 5.65. The molecule has 2 aromatic heterocycles. The molecule has 0 bridgehead atoms. The number of piperazine rings is 1. The summed E-state index contributed by atoms with van der Waals surface area (Å²) in [5.74, 6) is 0.936. The van der Waals surface area contributed by atoms with Crippen LogP contribution in [0.25, 0.3) is 16.7 Å². The summed E-state index contributed by atoms with van der Waals surface area (Å²) in [6.45, 7) is 6.92. The van der Waals surface area contributed by atoms with Gasteiger partial charge in [-0.05, 0) is 42.3 Å². The van der Waals surface area contributed by atoms with Crippen LogP contribution in [0.3, 0.4) is 0 Å². The van der Waals surface area contributed by atoms with Crippen LogP contribution in [-0.4, -0.2) is 35.6 Å². The third kappa shape index (κ3) is 3.69. The van der Waals surface area contributed by atoms with Gasteiger partial charge < -0.3 is 9.80 Å². The van der Waals surface area contributed by atoms with Gasteiger partial charge in [-0.25, -0.2) is 9.37 Å². The van der Waals surface area contributed by atoms with Gasteiger partial charge in [-0.15, -0.1) is 0 Å². The van der Waals surface area contributed by atoms with E-state index in [9.17, 15) is 9.65 Å². The van der Waals surface area contributed by atoms with Crippen molar-refractivity contribution in [2.75, 3.05) is 31.1 Å². The van der Waals surface area contributed by atoms with Crippen molar-refractivity contribution >= 4 is 22.5 Å². The number of benzene rings is 2. The molecule has 4 aromatic rings. The highest BCUT2D eigenvalue weighted by Crippen LogP contribution is 2.29. The van der Waals surface area contributed by atoms with E-state index in [2.05, 4.69) is 34.4 Å². The van der Waals surface area contributed by atoms with Crippen LogP contribution in [-0.2, 0) is 13.0 Å². The molecule has 3 heterocycles. The first-order valence-electron chi connectivity index (χ1n) is 11.3. The lowest BCUT2D eigenvalue weighted by atomic mass is 10.0. The highest BCUT2D eigenvalue weighted by atomic mass is 19.1. The zero-order valence-corrected chi connectivity index (χ0v) is 18.3. The Morgan fingerprint density at radius 2 is 1.84 bits per heavy atom. The number of para-hydroxylation sites is 2. The molecule has 2 aromatic carbocycles. The van der Waals surface area contributed by atoms with E-state index in [1.807, 2.05) is 30.3 Å². The largest absolute Gasteiger partial charge is 0.346 e. The van der Waals surface area contributed by atoms with Gasteiger partial charge >= 0.3 is 0 Å². The minimum atomic E-state index is -0.186. The van der Waals surface area contributed by atoms with Gasteiger partial charge in [0.15, 0.2) is 5.65 Å². The summed E-state index contributed by atoms with van der Waals surface area (Å²) < 4.78 is 15.4. The fraction of sp³-hybridized carbons (Fsp3) is 0.308. The van der Waals surface area contributed by atoms with Crippen LogP contribution in [0.1, 0.15) is 30.0 Å². The topological polar surface area (TPSA) is 48.8 Å². The number of halogens is 1. The first-order valence-corrected chi connectivity index (χ1v) is 11.3. The van der Waals surface area contributed by atoms with Crippen LogP contribution < -0.4 is 9.80 Å². The molecular formula is C26H27FN5+. The maximum absolute atomic E-state index is 13.2.